The second kappa shape index (κ2) is 11.0. The zero-order valence-electron chi connectivity index (χ0n) is 17.4. The van der Waals surface area contributed by atoms with Gasteiger partial charge < -0.3 is 20.5 Å². The molecule has 0 aliphatic carbocycles. The van der Waals surface area contributed by atoms with Gasteiger partial charge in [0.05, 0.1) is 18.4 Å². The number of amides is 2. The number of hydrogen-bond donors (Lipinski definition) is 3. The van der Waals surface area contributed by atoms with E-state index >= 15 is 0 Å². The van der Waals surface area contributed by atoms with E-state index in [1.807, 2.05) is 0 Å². The quantitative estimate of drug-likeness (QED) is 0.319. The van der Waals surface area contributed by atoms with Gasteiger partial charge in [-0.25, -0.2) is 9.67 Å². The molecule has 3 rings (SSSR count). The summed E-state index contributed by atoms with van der Waals surface area (Å²) in [5, 5.41) is 20.3. The molecule has 2 amide bonds. The van der Waals surface area contributed by atoms with E-state index in [9.17, 15) is 14.7 Å². The Balaban J connectivity index is 1.73. The monoisotopic (exact) mass is 453 g/mol. The molecule has 3 N–H and O–H groups in total. The molecule has 0 fully saturated rings. The van der Waals surface area contributed by atoms with Crippen molar-refractivity contribution in [2.45, 2.75) is 11.7 Å². The number of aromatic hydroxyl groups is 1. The maximum absolute atomic E-state index is 12.4. The number of nitrogens with one attached hydrogen (secondary N) is 2. The van der Waals surface area contributed by atoms with Crippen molar-refractivity contribution in [3.8, 4) is 22.9 Å². The number of hydrogen-bond acceptors (Lipinski definition) is 7. The molecule has 166 valence electrons. The van der Waals surface area contributed by atoms with Crippen molar-refractivity contribution in [2.24, 2.45) is 0 Å². The number of anilines is 1. The molecule has 0 atom stereocenters. The van der Waals surface area contributed by atoms with Crippen LogP contribution in [-0.2, 0) is 16.1 Å². The second-order valence-electron chi connectivity index (χ2n) is 6.55. The van der Waals surface area contributed by atoms with Gasteiger partial charge >= 0.3 is 0 Å². The lowest BCUT2D eigenvalue weighted by Crippen LogP contribution is -2.28. The van der Waals surface area contributed by atoms with Gasteiger partial charge in [0.15, 0.2) is 11.0 Å². The van der Waals surface area contributed by atoms with E-state index in [2.05, 4.69) is 27.3 Å². The summed E-state index contributed by atoms with van der Waals surface area (Å²) in [6.07, 6.45) is 1.58. The van der Waals surface area contributed by atoms with Gasteiger partial charge in [-0.1, -0.05) is 30.0 Å². The summed E-state index contributed by atoms with van der Waals surface area (Å²) in [7, 11) is 1.57. The van der Waals surface area contributed by atoms with Gasteiger partial charge in [0.25, 0.3) is 0 Å². The average Bonchev–Trinajstić information content (AvgIpc) is 3.19. The molecular weight excluding hydrogens is 430 g/mol. The molecular formula is C22H23N5O4S. The number of ether oxygens (including phenoxy) is 1. The van der Waals surface area contributed by atoms with Gasteiger partial charge in [0, 0.05) is 12.2 Å². The number of para-hydroxylation sites is 1. The Labute approximate surface area is 189 Å². The van der Waals surface area contributed by atoms with Crippen molar-refractivity contribution < 1.29 is 19.4 Å². The molecule has 1 aromatic heterocycles. The summed E-state index contributed by atoms with van der Waals surface area (Å²) in [4.78, 5) is 29.0. The van der Waals surface area contributed by atoms with Crippen molar-refractivity contribution in [2.75, 3.05) is 24.7 Å². The van der Waals surface area contributed by atoms with Crippen LogP contribution < -0.4 is 15.4 Å². The Hall–Kier alpha value is -3.79. The largest absolute Gasteiger partial charge is 0.507 e. The third-order valence-electron chi connectivity index (χ3n) is 4.23. The minimum absolute atomic E-state index is 0.0227. The molecule has 3 aromatic rings. The normalized spacial score (nSPS) is 10.4. The number of phenolic OH excluding ortho intramolecular Hbond substituents is 1. The molecule has 0 saturated heterocycles. The lowest BCUT2D eigenvalue weighted by Gasteiger charge is -2.07. The van der Waals surface area contributed by atoms with Crippen LogP contribution in [0.1, 0.15) is 0 Å². The van der Waals surface area contributed by atoms with Gasteiger partial charge in [-0.3, -0.25) is 9.59 Å². The molecule has 0 unspecified atom stereocenters. The van der Waals surface area contributed by atoms with E-state index in [0.29, 0.717) is 28.7 Å². The number of nitrogens with zero attached hydrogens (tertiary/aromatic N) is 3. The standard InChI is InChI=1S/C22H23N5O4S/c1-3-12-23-19(29)13-27-22(25-21(26-27)17-6-4-5-7-18(17)28)32-14-20(30)24-15-8-10-16(31-2)11-9-15/h3-11,28H,1,12-14H2,2H3,(H,23,29)(H,24,30). The maximum Gasteiger partial charge on any atom is 0.242 e. The lowest BCUT2D eigenvalue weighted by atomic mass is 10.2. The van der Waals surface area contributed by atoms with Gasteiger partial charge in [-0.15, -0.1) is 11.7 Å². The van der Waals surface area contributed by atoms with Gasteiger partial charge in [-0.2, -0.15) is 0 Å². The predicted octanol–water partition coefficient (Wildman–Crippen LogP) is 2.69. The number of methoxy groups -OCH3 is 1. The first-order valence-electron chi connectivity index (χ1n) is 9.67. The fourth-order valence-corrected chi connectivity index (χ4v) is 3.43. The zero-order chi connectivity index (χ0) is 22.9. The van der Waals surface area contributed by atoms with Crippen LogP contribution in [0.15, 0.2) is 66.3 Å². The third-order valence-corrected chi connectivity index (χ3v) is 5.19. The summed E-state index contributed by atoms with van der Waals surface area (Å²) >= 11 is 1.14. The molecule has 0 aliphatic rings. The highest BCUT2D eigenvalue weighted by Gasteiger charge is 2.18. The van der Waals surface area contributed by atoms with Crippen molar-refractivity contribution in [1.29, 1.82) is 0 Å². The van der Waals surface area contributed by atoms with Crippen molar-refractivity contribution >= 4 is 29.3 Å². The summed E-state index contributed by atoms with van der Waals surface area (Å²) in [5.74, 6) is 0.515. The number of rotatable bonds is 10. The molecule has 10 heteroatoms. The van der Waals surface area contributed by atoms with Crippen LogP contribution in [0.2, 0.25) is 0 Å². The second-order valence-corrected chi connectivity index (χ2v) is 7.49. The van der Waals surface area contributed by atoms with E-state index in [1.54, 1.807) is 55.7 Å². The van der Waals surface area contributed by atoms with E-state index in [-0.39, 0.29) is 35.7 Å². The smallest absolute Gasteiger partial charge is 0.242 e. The fourth-order valence-electron chi connectivity index (χ4n) is 2.69. The Morgan fingerprint density at radius 3 is 2.62 bits per heavy atom. The van der Waals surface area contributed by atoms with E-state index < -0.39 is 0 Å². The van der Waals surface area contributed by atoms with Crippen LogP contribution in [0.4, 0.5) is 5.69 Å². The highest BCUT2D eigenvalue weighted by molar-refractivity contribution is 7.99. The van der Waals surface area contributed by atoms with Gasteiger partial charge in [0.2, 0.25) is 11.8 Å². The molecule has 0 spiro atoms. The third kappa shape index (κ3) is 6.11. The first kappa shape index (κ1) is 22.9. The number of benzene rings is 2. The molecule has 2 aromatic carbocycles. The fraction of sp³-hybridized carbons (Fsp3) is 0.182. The number of phenols is 1. The summed E-state index contributed by atoms with van der Waals surface area (Å²) in [6.45, 7) is 3.81. The van der Waals surface area contributed by atoms with Gasteiger partial charge in [-0.05, 0) is 36.4 Å². The molecule has 0 saturated carbocycles. The zero-order valence-corrected chi connectivity index (χ0v) is 18.3. The highest BCUT2D eigenvalue weighted by Crippen LogP contribution is 2.28. The van der Waals surface area contributed by atoms with Crippen LogP contribution in [0.25, 0.3) is 11.4 Å². The van der Waals surface area contributed by atoms with Crippen LogP contribution in [-0.4, -0.2) is 51.1 Å². The molecule has 0 radical (unpaired) electrons. The highest BCUT2D eigenvalue weighted by atomic mass is 32.2. The number of thioether (sulfide) groups is 1. The molecule has 1 heterocycles. The Morgan fingerprint density at radius 2 is 1.94 bits per heavy atom. The first-order valence-corrected chi connectivity index (χ1v) is 10.7. The van der Waals surface area contributed by atoms with Crippen LogP contribution in [0, 0.1) is 0 Å². The number of carbonyl (C=O) groups excluding carboxylic acids is 2. The average molecular weight is 454 g/mol. The van der Waals surface area contributed by atoms with E-state index in [1.165, 1.54) is 10.7 Å². The molecule has 9 nitrogen and oxygen atoms in total. The van der Waals surface area contributed by atoms with Crippen LogP contribution >= 0.6 is 11.8 Å². The summed E-state index contributed by atoms with van der Waals surface area (Å²) in [6, 6.07) is 13.6. The van der Waals surface area contributed by atoms with Gasteiger partial charge in [0.1, 0.15) is 18.0 Å². The Kier molecular flexibility index (Phi) is 7.87. The molecule has 32 heavy (non-hydrogen) atoms. The number of carbonyl (C=O) groups is 2. The topological polar surface area (TPSA) is 118 Å². The predicted molar refractivity (Wildman–Crippen MR) is 123 cm³/mol. The minimum Gasteiger partial charge on any atom is -0.507 e. The molecule has 0 bridgehead atoms. The lowest BCUT2D eigenvalue weighted by molar-refractivity contribution is -0.121. The SMILES string of the molecule is C=CCNC(=O)Cn1nc(-c2ccccc2O)nc1SCC(=O)Nc1ccc(OC)cc1. The van der Waals surface area contributed by atoms with Crippen molar-refractivity contribution in [1.82, 2.24) is 20.1 Å². The van der Waals surface area contributed by atoms with Crippen molar-refractivity contribution in [3.05, 3.63) is 61.2 Å². The maximum atomic E-state index is 12.4. The summed E-state index contributed by atoms with van der Waals surface area (Å²) < 4.78 is 6.51. The Bertz CT molecular complexity index is 1100. The Morgan fingerprint density at radius 1 is 1.19 bits per heavy atom. The minimum atomic E-state index is -0.275. The van der Waals surface area contributed by atoms with Crippen molar-refractivity contribution in [3.63, 3.8) is 0 Å². The number of aromatic nitrogens is 3. The summed E-state index contributed by atoms with van der Waals surface area (Å²) in [5.41, 5.74) is 1.07. The van der Waals surface area contributed by atoms with E-state index in [4.69, 9.17) is 4.74 Å². The van der Waals surface area contributed by atoms with E-state index in [0.717, 1.165) is 11.8 Å². The van der Waals surface area contributed by atoms with Crippen LogP contribution in [0.3, 0.4) is 0 Å². The van der Waals surface area contributed by atoms with Crippen LogP contribution in [0.5, 0.6) is 11.5 Å². The first-order chi connectivity index (χ1) is 15.5. The molecule has 0 aliphatic heterocycles.